The third-order valence-electron chi connectivity index (χ3n) is 5.52. The molecule has 5 rings (SSSR count). The van der Waals surface area contributed by atoms with Crippen molar-refractivity contribution in [1.29, 1.82) is 0 Å². The second kappa shape index (κ2) is 7.99. The van der Waals surface area contributed by atoms with E-state index >= 15 is 0 Å². The highest BCUT2D eigenvalue weighted by atomic mass is 35.5. The molecular formula is C21H24ClN5O4. The Hall–Kier alpha value is -2.30. The molecule has 0 amide bonds. The third-order valence-corrected chi connectivity index (χ3v) is 5.69. The molecule has 2 unspecified atom stereocenters. The lowest BCUT2D eigenvalue weighted by Crippen LogP contribution is -2.31. The van der Waals surface area contributed by atoms with Gasteiger partial charge in [0.1, 0.15) is 18.3 Å². The summed E-state index contributed by atoms with van der Waals surface area (Å²) in [6.45, 7) is 4.18. The van der Waals surface area contributed by atoms with E-state index in [0.717, 1.165) is 6.42 Å². The monoisotopic (exact) mass is 445 g/mol. The second-order valence-corrected chi connectivity index (χ2v) is 8.48. The summed E-state index contributed by atoms with van der Waals surface area (Å²) in [5.41, 5.74) is 2.33. The molecule has 4 heterocycles. The first-order valence-corrected chi connectivity index (χ1v) is 10.6. The zero-order valence-electron chi connectivity index (χ0n) is 17.2. The van der Waals surface area contributed by atoms with Crippen LogP contribution in [-0.2, 0) is 20.6 Å². The van der Waals surface area contributed by atoms with Crippen molar-refractivity contribution in [2.75, 3.05) is 18.5 Å². The number of ether oxygens (including phenoxy) is 3. The van der Waals surface area contributed by atoms with Crippen molar-refractivity contribution < 1.29 is 19.3 Å². The van der Waals surface area contributed by atoms with E-state index < -0.39 is 24.2 Å². The summed E-state index contributed by atoms with van der Waals surface area (Å²) < 4.78 is 19.8. The lowest BCUT2D eigenvalue weighted by atomic mass is 10.1. The Morgan fingerprint density at radius 1 is 1.16 bits per heavy atom. The van der Waals surface area contributed by atoms with E-state index in [1.807, 2.05) is 32.0 Å². The number of hydrogen-bond acceptors (Lipinski definition) is 8. The molecule has 2 saturated heterocycles. The van der Waals surface area contributed by atoms with Gasteiger partial charge in [-0.15, -0.1) is 0 Å². The van der Waals surface area contributed by atoms with Crippen LogP contribution in [0.5, 0.6) is 0 Å². The van der Waals surface area contributed by atoms with Crippen LogP contribution in [-0.4, -0.2) is 61.9 Å². The fourth-order valence-electron chi connectivity index (χ4n) is 4.20. The van der Waals surface area contributed by atoms with Crippen LogP contribution in [0.3, 0.4) is 0 Å². The molecular weight excluding hydrogens is 422 g/mol. The molecule has 31 heavy (non-hydrogen) atoms. The smallest absolute Gasteiger partial charge is 0.226 e. The van der Waals surface area contributed by atoms with E-state index in [2.05, 4.69) is 32.4 Å². The van der Waals surface area contributed by atoms with Gasteiger partial charge in [-0.25, -0.2) is 4.98 Å². The van der Waals surface area contributed by atoms with Crippen LogP contribution in [0.15, 0.2) is 36.7 Å². The molecule has 2 aromatic heterocycles. The summed E-state index contributed by atoms with van der Waals surface area (Å²) >= 11 is 6.23. The maximum atomic E-state index is 9.75. The largest absolute Gasteiger partial charge is 0.394 e. The molecule has 0 radical (unpaired) electrons. The van der Waals surface area contributed by atoms with E-state index in [1.54, 1.807) is 10.9 Å². The molecule has 1 aromatic carbocycles. The number of hydrogen-bond donors (Lipinski definition) is 2. The SMILES string of the molecule is CC1(C)O[C@@H]2C(CO)OC(n3cnc4c(NCCc5ccccc5)nc(Cl)nc43)[C@@H]2O1. The number of imidazole rings is 1. The van der Waals surface area contributed by atoms with E-state index in [4.69, 9.17) is 25.8 Å². The van der Waals surface area contributed by atoms with Gasteiger partial charge in [0, 0.05) is 6.54 Å². The summed E-state index contributed by atoms with van der Waals surface area (Å²) in [6.07, 6.45) is 0.607. The summed E-state index contributed by atoms with van der Waals surface area (Å²) in [7, 11) is 0. The number of anilines is 1. The van der Waals surface area contributed by atoms with Crippen molar-refractivity contribution >= 4 is 28.6 Å². The Morgan fingerprint density at radius 3 is 2.71 bits per heavy atom. The number of aliphatic hydroxyl groups is 1. The van der Waals surface area contributed by atoms with Crippen molar-refractivity contribution in [2.45, 2.75) is 50.6 Å². The number of fused-ring (bicyclic) bond motifs is 2. The minimum absolute atomic E-state index is 0.105. The lowest BCUT2D eigenvalue weighted by Gasteiger charge is -2.24. The van der Waals surface area contributed by atoms with Crippen LogP contribution >= 0.6 is 11.6 Å². The van der Waals surface area contributed by atoms with Gasteiger partial charge in [-0.3, -0.25) is 4.57 Å². The number of benzene rings is 1. The van der Waals surface area contributed by atoms with E-state index in [0.29, 0.717) is 23.5 Å². The highest BCUT2D eigenvalue weighted by Crippen LogP contribution is 2.43. The van der Waals surface area contributed by atoms with E-state index in [-0.39, 0.29) is 18.0 Å². The fraction of sp³-hybridized carbons (Fsp3) is 0.476. The predicted molar refractivity (Wildman–Crippen MR) is 114 cm³/mol. The van der Waals surface area contributed by atoms with Crippen molar-refractivity contribution in [3.05, 3.63) is 47.5 Å². The van der Waals surface area contributed by atoms with Gasteiger partial charge in [-0.2, -0.15) is 9.97 Å². The standard InChI is InChI=1S/C21H24ClN5O4/c1-21(2)30-15-13(10-28)29-19(16(15)31-21)27-11-24-14-17(25-20(22)26-18(14)27)23-9-8-12-6-4-3-5-7-12/h3-7,11,13,15-16,19,28H,8-10H2,1-2H3,(H,23,25,26)/t13?,15-,16-,19?/m1/s1. The number of rotatable bonds is 6. The molecule has 164 valence electrons. The van der Waals surface area contributed by atoms with Crippen LogP contribution in [0.2, 0.25) is 5.28 Å². The summed E-state index contributed by atoms with van der Waals surface area (Å²) in [6, 6.07) is 10.2. The quantitative estimate of drug-likeness (QED) is 0.558. The molecule has 0 bridgehead atoms. The minimum atomic E-state index is -0.766. The van der Waals surface area contributed by atoms with Crippen LogP contribution in [0.4, 0.5) is 5.82 Å². The highest BCUT2D eigenvalue weighted by Gasteiger charge is 2.56. The molecule has 0 saturated carbocycles. The van der Waals surface area contributed by atoms with Gasteiger partial charge >= 0.3 is 0 Å². The highest BCUT2D eigenvalue weighted by molar-refractivity contribution is 6.28. The van der Waals surface area contributed by atoms with Crippen LogP contribution in [0.1, 0.15) is 25.6 Å². The van der Waals surface area contributed by atoms with Gasteiger partial charge in [-0.1, -0.05) is 30.3 Å². The molecule has 2 fully saturated rings. The van der Waals surface area contributed by atoms with Crippen molar-refractivity contribution in [2.24, 2.45) is 0 Å². The van der Waals surface area contributed by atoms with Gasteiger partial charge in [0.2, 0.25) is 5.28 Å². The van der Waals surface area contributed by atoms with Crippen LogP contribution in [0.25, 0.3) is 11.2 Å². The Bertz CT molecular complexity index is 1080. The zero-order chi connectivity index (χ0) is 21.6. The van der Waals surface area contributed by atoms with E-state index in [9.17, 15) is 5.11 Å². The molecule has 10 heteroatoms. The zero-order valence-corrected chi connectivity index (χ0v) is 18.0. The molecule has 0 aliphatic carbocycles. The van der Waals surface area contributed by atoms with Gasteiger partial charge in [-0.05, 0) is 37.4 Å². The molecule has 4 atom stereocenters. The number of nitrogens with one attached hydrogen (secondary N) is 1. The molecule has 2 N–H and O–H groups in total. The molecule has 2 aliphatic heterocycles. The number of aliphatic hydroxyl groups excluding tert-OH is 1. The van der Waals surface area contributed by atoms with Gasteiger partial charge in [0.15, 0.2) is 29.0 Å². The average Bonchev–Trinajstić information content (AvgIpc) is 3.39. The van der Waals surface area contributed by atoms with E-state index in [1.165, 1.54) is 5.56 Å². The first-order chi connectivity index (χ1) is 14.9. The molecule has 9 nitrogen and oxygen atoms in total. The third kappa shape index (κ3) is 3.88. The van der Waals surface area contributed by atoms with Crippen molar-refractivity contribution in [1.82, 2.24) is 19.5 Å². The van der Waals surface area contributed by atoms with Crippen LogP contribution < -0.4 is 5.32 Å². The topological polar surface area (TPSA) is 104 Å². The Kier molecular flexibility index (Phi) is 5.31. The second-order valence-electron chi connectivity index (χ2n) is 8.14. The first kappa shape index (κ1) is 20.6. The summed E-state index contributed by atoms with van der Waals surface area (Å²) in [5, 5.41) is 13.2. The van der Waals surface area contributed by atoms with Crippen LogP contribution in [0, 0.1) is 0 Å². The van der Waals surface area contributed by atoms with Crippen molar-refractivity contribution in [3.8, 4) is 0 Å². The van der Waals surface area contributed by atoms with Crippen molar-refractivity contribution in [3.63, 3.8) is 0 Å². The fourth-order valence-corrected chi connectivity index (χ4v) is 4.36. The minimum Gasteiger partial charge on any atom is -0.394 e. The maximum absolute atomic E-state index is 9.75. The molecule has 2 aliphatic rings. The Labute approximate surface area is 184 Å². The predicted octanol–water partition coefficient (Wildman–Crippen LogP) is 2.54. The first-order valence-electron chi connectivity index (χ1n) is 10.2. The maximum Gasteiger partial charge on any atom is 0.226 e. The number of nitrogens with zero attached hydrogens (tertiary/aromatic N) is 4. The number of aromatic nitrogens is 4. The Morgan fingerprint density at radius 2 is 1.94 bits per heavy atom. The average molecular weight is 446 g/mol. The van der Waals surface area contributed by atoms with Gasteiger partial charge < -0.3 is 24.6 Å². The Balaban J connectivity index is 1.42. The normalized spacial score (nSPS) is 27.0. The summed E-state index contributed by atoms with van der Waals surface area (Å²) in [4.78, 5) is 13.2. The molecule has 0 spiro atoms. The van der Waals surface area contributed by atoms with Gasteiger partial charge in [0.05, 0.1) is 12.9 Å². The molecule has 3 aromatic rings. The number of halogens is 1. The lowest BCUT2D eigenvalue weighted by molar-refractivity contribution is -0.199. The summed E-state index contributed by atoms with van der Waals surface area (Å²) in [5.74, 6) is -0.209. The van der Waals surface area contributed by atoms with Gasteiger partial charge in [0.25, 0.3) is 0 Å².